The quantitative estimate of drug-likeness (QED) is 0.916. The molecule has 0 amide bonds. The molecule has 1 atom stereocenters. The molecular formula is C14H18Cl2N2. The monoisotopic (exact) mass is 284 g/mol. The van der Waals surface area contributed by atoms with E-state index in [1.165, 1.54) is 18.4 Å². The Bertz CT molecular complexity index is 406. The number of nitrogens with zero attached hydrogens (tertiary/aromatic N) is 1. The second-order valence-corrected chi connectivity index (χ2v) is 6.14. The largest absolute Gasteiger partial charge is 0.314 e. The molecule has 1 aliphatic carbocycles. The molecule has 18 heavy (non-hydrogen) atoms. The fourth-order valence-electron chi connectivity index (χ4n) is 2.90. The van der Waals surface area contributed by atoms with Crippen molar-refractivity contribution in [1.29, 1.82) is 0 Å². The van der Waals surface area contributed by atoms with Crippen LogP contribution in [0, 0.1) is 5.92 Å². The maximum absolute atomic E-state index is 6.14. The standard InChI is InChI=1S/C14H18Cl2N2/c15-12-7-11(8-13(16)9-12)14(10-1-2-10)18-5-3-17-4-6-18/h7-10,14,17H,1-6H2/t14-/m1/s1. The molecule has 1 N–H and O–H groups in total. The van der Waals surface area contributed by atoms with Crippen LogP contribution in [-0.4, -0.2) is 31.1 Å². The van der Waals surface area contributed by atoms with Gasteiger partial charge in [-0.05, 0) is 42.5 Å². The Morgan fingerprint density at radius 3 is 2.22 bits per heavy atom. The summed E-state index contributed by atoms with van der Waals surface area (Å²) in [5.41, 5.74) is 1.29. The lowest BCUT2D eigenvalue weighted by Crippen LogP contribution is -2.45. The van der Waals surface area contributed by atoms with Gasteiger partial charge in [0.05, 0.1) is 0 Å². The number of hydrogen-bond acceptors (Lipinski definition) is 2. The van der Waals surface area contributed by atoms with Crippen LogP contribution in [0.2, 0.25) is 10.0 Å². The molecule has 2 aliphatic rings. The summed E-state index contributed by atoms with van der Waals surface area (Å²) in [6, 6.07) is 6.48. The van der Waals surface area contributed by atoms with Gasteiger partial charge in [0.2, 0.25) is 0 Å². The average molecular weight is 285 g/mol. The first-order valence-electron chi connectivity index (χ1n) is 6.65. The highest BCUT2D eigenvalue weighted by atomic mass is 35.5. The van der Waals surface area contributed by atoms with Crippen molar-refractivity contribution in [2.24, 2.45) is 5.92 Å². The number of nitrogens with one attached hydrogen (secondary N) is 1. The molecule has 1 saturated carbocycles. The molecule has 2 fully saturated rings. The first kappa shape index (κ1) is 12.7. The normalized spacial score (nSPS) is 23.0. The molecule has 3 rings (SSSR count). The Hall–Kier alpha value is -0.280. The van der Waals surface area contributed by atoms with E-state index in [4.69, 9.17) is 23.2 Å². The molecule has 0 aromatic heterocycles. The van der Waals surface area contributed by atoms with Crippen LogP contribution in [0.3, 0.4) is 0 Å². The van der Waals surface area contributed by atoms with Crippen LogP contribution < -0.4 is 5.32 Å². The van der Waals surface area contributed by atoms with E-state index < -0.39 is 0 Å². The van der Waals surface area contributed by atoms with Gasteiger partial charge < -0.3 is 5.32 Å². The van der Waals surface area contributed by atoms with E-state index in [0.717, 1.165) is 42.1 Å². The third kappa shape index (κ3) is 2.83. The van der Waals surface area contributed by atoms with Crippen molar-refractivity contribution < 1.29 is 0 Å². The van der Waals surface area contributed by atoms with Gasteiger partial charge in [-0.25, -0.2) is 0 Å². The van der Waals surface area contributed by atoms with E-state index in [9.17, 15) is 0 Å². The molecule has 0 bridgehead atoms. The third-order valence-corrected chi connectivity index (χ3v) is 4.28. The molecule has 98 valence electrons. The highest BCUT2D eigenvalue weighted by Gasteiger charge is 2.36. The number of halogens is 2. The highest BCUT2D eigenvalue weighted by molar-refractivity contribution is 6.34. The molecule has 2 nitrogen and oxygen atoms in total. The van der Waals surface area contributed by atoms with Gasteiger partial charge in [0.1, 0.15) is 0 Å². The Kier molecular flexibility index (Phi) is 3.81. The number of rotatable bonds is 3. The lowest BCUT2D eigenvalue weighted by atomic mass is 10.00. The highest BCUT2D eigenvalue weighted by Crippen LogP contribution is 2.45. The minimum atomic E-state index is 0.503. The van der Waals surface area contributed by atoms with E-state index in [0.29, 0.717) is 6.04 Å². The SMILES string of the molecule is Clc1cc(Cl)cc([C@@H](C2CC2)N2CCNCC2)c1. The zero-order valence-electron chi connectivity index (χ0n) is 10.3. The van der Waals surface area contributed by atoms with E-state index in [2.05, 4.69) is 22.3 Å². The van der Waals surface area contributed by atoms with Crippen LogP contribution in [0.1, 0.15) is 24.4 Å². The summed E-state index contributed by atoms with van der Waals surface area (Å²) in [5, 5.41) is 4.91. The smallest absolute Gasteiger partial charge is 0.0424 e. The minimum absolute atomic E-state index is 0.503. The first-order chi connectivity index (χ1) is 8.74. The van der Waals surface area contributed by atoms with Crippen molar-refractivity contribution in [3.05, 3.63) is 33.8 Å². The van der Waals surface area contributed by atoms with Crippen molar-refractivity contribution >= 4 is 23.2 Å². The Morgan fingerprint density at radius 2 is 1.67 bits per heavy atom. The van der Waals surface area contributed by atoms with E-state index in [-0.39, 0.29) is 0 Å². The molecule has 1 saturated heterocycles. The van der Waals surface area contributed by atoms with Crippen LogP contribution in [0.4, 0.5) is 0 Å². The van der Waals surface area contributed by atoms with Gasteiger partial charge in [-0.15, -0.1) is 0 Å². The second-order valence-electron chi connectivity index (χ2n) is 5.27. The first-order valence-corrected chi connectivity index (χ1v) is 7.40. The Labute approximate surface area is 118 Å². The van der Waals surface area contributed by atoms with Gasteiger partial charge in [-0.3, -0.25) is 4.90 Å². The zero-order valence-corrected chi connectivity index (χ0v) is 11.8. The van der Waals surface area contributed by atoms with E-state index in [1.54, 1.807) is 0 Å². The van der Waals surface area contributed by atoms with Crippen molar-refractivity contribution in [3.8, 4) is 0 Å². The summed E-state index contributed by atoms with van der Waals surface area (Å²) in [6.45, 7) is 4.39. The van der Waals surface area contributed by atoms with Gasteiger partial charge in [-0.2, -0.15) is 0 Å². The topological polar surface area (TPSA) is 15.3 Å². The van der Waals surface area contributed by atoms with E-state index in [1.807, 2.05) is 6.07 Å². The summed E-state index contributed by atoms with van der Waals surface area (Å²) < 4.78 is 0. The van der Waals surface area contributed by atoms with E-state index >= 15 is 0 Å². The molecule has 4 heteroatoms. The lowest BCUT2D eigenvalue weighted by Gasteiger charge is -2.35. The van der Waals surface area contributed by atoms with Crippen LogP contribution in [-0.2, 0) is 0 Å². The Balaban J connectivity index is 1.88. The molecule has 1 aliphatic heterocycles. The van der Waals surface area contributed by atoms with Crippen molar-refractivity contribution in [1.82, 2.24) is 10.2 Å². The van der Waals surface area contributed by atoms with Gasteiger partial charge in [0.25, 0.3) is 0 Å². The third-order valence-electron chi connectivity index (χ3n) is 3.84. The summed E-state index contributed by atoms with van der Waals surface area (Å²) in [6.07, 6.45) is 2.66. The minimum Gasteiger partial charge on any atom is -0.314 e. The predicted molar refractivity (Wildman–Crippen MR) is 76.4 cm³/mol. The summed E-state index contributed by atoms with van der Waals surface area (Å²) in [4.78, 5) is 2.58. The maximum Gasteiger partial charge on any atom is 0.0424 e. The van der Waals surface area contributed by atoms with Gasteiger partial charge in [0.15, 0.2) is 0 Å². The van der Waals surface area contributed by atoms with Crippen LogP contribution in [0.25, 0.3) is 0 Å². The fraction of sp³-hybridized carbons (Fsp3) is 0.571. The van der Waals surface area contributed by atoms with Crippen molar-refractivity contribution in [3.63, 3.8) is 0 Å². The van der Waals surface area contributed by atoms with Gasteiger partial charge in [-0.1, -0.05) is 23.2 Å². The van der Waals surface area contributed by atoms with Crippen LogP contribution in [0.5, 0.6) is 0 Å². The molecule has 1 aromatic carbocycles. The summed E-state index contributed by atoms with van der Waals surface area (Å²) in [7, 11) is 0. The molecule has 0 unspecified atom stereocenters. The van der Waals surface area contributed by atoms with Crippen LogP contribution in [0.15, 0.2) is 18.2 Å². The van der Waals surface area contributed by atoms with Crippen molar-refractivity contribution in [2.45, 2.75) is 18.9 Å². The average Bonchev–Trinajstić information content (AvgIpc) is 3.14. The zero-order chi connectivity index (χ0) is 12.5. The maximum atomic E-state index is 6.14. The molecule has 0 radical (unpaired) electrons. The predicted octanol–water partition coefficient (Wildman–Crippen LogP) is 3.35. The van der Waals surface area contributed by atoms with Crippen LogP contribution >= 0.6 is 23.2 Å². The summed E-state index contributed by atoms with van der Waals surface area (Å²) in [5.74, 6) is 0.789. The van der Waals surface area contributed by atoms with Crippen molar-refractivity contribution in [2.75, 3.05) is 26.2 Å². The molecule has 1 heterocycles. The number of hydrogen-bond donors (Lipinski definition) is 1. The molecule has 1 aromatic rings. The lowest BCUT2D eigenvalue weighted by molar-refractivity contribution is 0.156. The fourth-order valence-corrected chi connectivity index (χ4v) is 3.44. The van der Waals surface area contributed by atoms with Gasteiger partial charge in [0, 0.05) is 42.3 Å². The molecule has 0 spiro atoms. The second kappa shape index (κ2) is 5.38. The Morgan fingerprint density at radius 1 is 1.06 bits per heavy atom. The number of piperazine rings is 1. The number of benzene rings is 1. The molecular weight excluding hydrogens is 267 g/mol. The van der Waals surface area contributed by atoms with Gasteiger partial charge >= 0.3 is 0 Å². The summed E-state index contributed by atoms with van der Waals surface area (Å²) >= 11 is 12.3.